The third-order valence-corrected chi connectivity index (χ3v) is 1.83. The van der Waals surface area contributed by atoms with Gasteiger partial charge in [-0.2, -0.15) is 0 Å². The van der Waals surface area contributed by atoms with Crippen molar-refractivity contribution in [3.63, 3.8) is 0 Å². The maximum absolute atomic E-state index is 10.6. The second-order valence-electron chi connectivity index (χ2n) is 2.45. The van der Waals surface area contributed by atoms with E-state index in [1.54, 1.807) is 0 Å². The minimum atomic E-state index is -4.36. The number of nitrogens with two attached hydrogens (primary N) is 1. The third kappa shape index (κ3) is 3.14. The van der Waals surface area contributed by atoms with Crippen molar-refractivity contribution in [2.75, 3.05) is 5.09 Å². The predicted molar refractivity (Wildman–Crippen MR) is 48.4 cm³/mol. The lowest BCUT2D eigenvalue weighted by atomic mass is 10.3. The van der Waals surface area contributed by atoms with Crippen LogP contribution in [0.1, 0.15) is 10.4 Å². The van der Waals surface area contributed by atoms with Crippen LogP contribution in [0.15, 0.2) is 18.3 Å². The number of anilines is 1. The summed E-state index contributed by atoms with van der Waals surface area (Å²) in [5, 5.41) is 1.85. The van der Waals surface area contributed by atoms with E-state index < -0.39 is 13.7 Å². The van der Waals surface area contributed by atoms with E-state index in [4.69, 9.17) is 15.5 Å². The molecular formula is C6H8N3O4P. The Hall–Kier alpha value is -1.43. The molecule has 0 aliphatic rings. The molecule has 0 unspecified atom stereocenters. The topological polar surface area (TPSA) is 126 Å². The highest BCUT2D eigenvalue weighted by Gasteiger charge is 2.12. The Labute approximate surface area is 79.2 Å². The molecule has 14 heavy (non-hydrogen) atoms. The number of primary amides is 1. The molecule has 1 rings (SSSR count). The predicted octanol–water partition coefficient (Wildman–Crippen LogP) is -0.315. The highest BCUT2D eigenvalue weighted by Crippen LogP contribution is 2.33. The van der Waals surface area contributed by atoms with Gasteiger partial charge in [-0.15, -0.1) is 0 Å². The second kappa shape index (κ2) is 3.75. The molecule has 7 nitrogen and oxygen atoms in total. The van der Waals surface area contributed by atoms with E-state index in [1.807, 2.05) is 5.09 Å². The summed E-state index contributed by atoms with van der Waals surface area (Å²) in [6.45, 7) is 0. The van der Waals surface area contributed by atoms with Crippen LogP contribution in [0.4, 0.5) is 5.82 Å². The summed E-state index contributed by atoms with van der Waals surface area (Å²) in [5.74, 6) is -0.677. The molecule has 0 saturated carbocycles. The molecule has 0 radical (unpaired) electrons. The Bertz CT molecular complexity index is 385. The smallest absolute Gasteiger partial charge is 0.366 e. The molecule has 0 aromatic carbocycles. The van der Waals surface area contributed by atoms with Gasteiger partial charge < -0.3 is 15.5 Å². The van der Waals surface area contributed by atoms with Crippen molar-refractivity contribution >= 4 is 19.5 Å². The van der Waals surface area contributed by atoms with Crippen molar-refractivity contribution in [2.24, 2.45) is 5.73 Å². The summed E-state index contributed by atoms with van der Waals surface area (Å²) in [7, 11) is -4.36. The first-order valence-corrected chi connectivity index (χ1v) is 5.09. The molecule has 1 heterocycles. The van der Waals surface area contributed by atoms with Crippen LogP contribution in [0.5, 0.6) is 0 Å². The molecular weight excluding hydrogens is 209 g/mol. The van der Waals surface area contributed by atoms with Crippen LogP contribution in [0.2, 0.25) is 0 Å². The van der Waals surface area contributed by atoms with Gasteiger partial charge in [0.2, 0.25) is 5.91 Å². The second-order valence-corrected chi connectivity index (χ2v) is 3.76. The number of rotatable bonds is 3. The van der Waals surface area contributed by atoms with E-state index in [-0.39, 0.29) is 11.4 Å². The van der Waals surface area contributed by atoms with Gasteiger partial charge in [0.15, 0.2) is 0 Å². The minimum Gasteiger partial charge on any atom is -0.366 e. The summed E-state index contributed by atoms with van der Waals surface area (Å²) in [4.78, 5) is 31.2. The molecule has 1 amide bonds. The summed E-state index contributed by atoms with van der Waals surface area (Å²) < 4.78 is 10.5. The van der Waals surface area contributed by atoms with E-state index in [2.05, 4.69) is 4.98 Å². The van der Waals surface area contributed by atoms with Crippen LogP contribution in [-0.2, 0) is 4.57 Å². The van der Waals surface area contributed by atoms with E-state index in [1.165, 1.54) is 12.1 Å². The van der Waals surface area contributed by atoms with E-state index in [0.29, 0.717) is 0 Å². The highest BCUT2D eigenvalue weighted by molar-refractivity contribution is 7.53. The zero-order valence-corrected chi connectivity index (χ0v) is 7.81. The Morgan fingerprint density at radius 2 is 2.14 bits per heavy atom. The molecule has 0 bridgehead atoms. The summed E-state index contributed by atoms with van der Waals surface area (Å²) in [6.07, 6.45) is 1.13. The molecule has 76 valence electrons. The largest absolute Gasteiger partial charge is 0.428 e. The number of hydrogen-bond donors (Lipinski definition) is 4. The van der Waals surface area contributed by atoms with Crippen LogP contribution >= 0.6 is 7.75 Å². The van der Waals surface area contributed by atoms with Gasteiger partial charge in [-0.1, -0.05) is 0 Å². The lowest BCUT2D eigenvalue weighted by Gasteiger charge is -2.06. The summed E-state index contributed by atoms with van der Waals surface area (Å²) >= 11 is 0. The lowest BCUT2D eigenvalue weighted by molar-refractivity contribution is 0.1000. The first-order chi connectivity index (χ1) is 6.38. The molecule has 5 N–H and O–H groups in total. The van der Waals surface area contributed by atoms with E-state index >= 15 is 0 Å². The van der Waals surface area contributed by atoms with Gasteiger partial charge in [-0.05, 0) is 12.1 Å². The van der Waals surface area contributed by atoms with Gasteiger partial charge in [0.25, 0.3) is 0 Å². The molecule has 0 atom stereocenters. The number of amides is 1. The van der Waals surface area contributed by atoms with Crippen molar-refractivity contribution in [1.82, 2.24) is 4.98 Å². The van der Waals surface area contributed by atoms with Crippen molar-refractivity contribution in [1.29, 1.82) is 0 Å². The highest BCUT2D eigenvalue weighted by atomic mass is 31.2. The molecule has 0 fully saturated rings. The molecule has 0 spiro atoms. The monoisotopic (exact) mass is 217 g/mol. The Morgan fingerprint density at radius 3 is 2.50 bits per heavy atom. The average Bonchev–Trinajstić information content (AvgIpc) is 2.02. The molecule has 0 aliphatic heterocycles. The zero-order chi connectivity index (χ0) is 10.8. The normalized spacial score (nSPS) is 11.0. The van der Waals surface area contributed by atoms with Crippen molar-refractivity contribution in [3.8, 4) is 0 Å². The van der Waals surface area contributed by atoms with Gasteiger partial charge in [0.1, 0.15) is 5.82 Å². The van der Waals surface area contributed by atoms with E-state index in [9.17, 15) is 9.36 Å². The van der Waals surface area contributed by atoms with Crippen LogP contribution < -0.4 is 10.8 Å². The van der Waals surface area contributed by atoms with Gasteiger partial charge in [0.05, 0.1) is 5.56 Å². The lowest BCUT2D eigenvalue weighted by Crippen LogP contribution is -2.11. The SMILES string of the molecule is NC(=O)c1ccc(NP(=O)(O)O)nc1. The molecule has 1 aromatic rings. The van der Waals surface area contributed by atoms with Crippen LogP contribution in [-0.4, -0.2) is 20.7 Å². The van der Waals surface area contributed by atoms with Crippen molar-refractivity contribution in [2.45, 2.75) is 0 Å². The maximum atomic E-state index is 10.6. The fourth-order valence-corrected chi connectivity index (χ4v) is 1.19. The number of nitrogens with one attached hydrogen (secondary N) is 1. The van der Waals surface area contributed by atoms with Gasteiger partial charge >= 0.3 is 7.75 Å². The van der Waals surface area contributed by atoms with Gasteiger partial charge in [-0.25, -0.2) is 9.55 Å². The Kier molecular flexibility index (Phi) is 2.85. The minimum absolute atomic E-state index is 0.0247. The fraction of sp³-hybridized carbons (Fsp3) is 0. The average molecular weight is 217 g/mol. The maximum Gasteiger partial charge on any atom is 0.428 e. The zero-order valence-electron chi connectivity index (χ0n) is 6.91. The summed E-state index contributed by atoms with van der Waals surface area (Å²) in [5.41, 5.74) is 5.11. The number of hydrogen-bond acceptors (Lipinski definition) is 3. The van der Waals surface area contributed by atoms with Gasteiger partial charge in [-0.3, -0.25) is 9.88 Å². The number of carbonyl (C=O) groups excluding carboxylic acids is 1. The van der Waals surface area contributed by atoms with Gasteiger partial charge in [0, 0.05) is 6.20 Å². The molecule has 1 aromatic heterocycles. The first-order valence-electron chi connectivity index (χ1n) is 3.48. The molecule has 8 heteroatoms. The third-order valence-electron chi connectivity index (χ3n) is 1.31. The first kappa shape index (κ1) is 10.6. The van der Waals surface area contributed by atoms with Crippen LogP contribution in [0.3, 0.4) is 0 Å². The van der Waals surface area contributed by atoms with Crippen LogP contribution in [0.25, 0.3) is 0 Å². The van der Waals surface area contributed by atoms with E-state index in [0.717, 1.165) is 6.20 Å². The standard InChI is InChI=1S/C6H8N3O4P/c7-6(10)4-1-2-5(8-3-4)9-14(11,12)13/h1-3H,(H2,7,10)(H3,8,9,11,12,13). The number of nitrogens with zero attached hydrogens (tertiary/aromatic N) is 1. The number of carbonyl (C=O) groups is 1. The fourth-order valence-electron chi connectivity index (χ4n) is 0.755. The van der Waals surface area contributed by atoms with Crippen molar-refractivity contribution in [3.05, 3.63) is 23.9 Å². The summed E-state index contributed by atoms with van der Waals surface area (Å²) in [6, 6.07) is 2.56. The number of pyridine rings is 1. The molecule has 0 aliphatic carbocycles. The quantitative estimate of drug-likeness (QED) is 0.514. The Balaban J connectivity index is 2.84. The van der Waals surface area contributed by atoms with Crippen LogP contribution in [0, 0.1) is 0 Å². The Morgan fingerprint density at radius 1 is 1.50 bits per heavy atom. The van der Waals surface area contributed by atoms with Crippen molar-refractivity contribution < 1.29 is 19.1 Å². The number of aromatic nitrogens is 1. The molecule has 0 saturated heterocycles.